The standard InChI is InChI=1S/C16H14Cl2OS/c17-14-9-8-13(11-15(14)18)20-10-4-7-16(19)12-5-2-1-3-6-12/h1-3,5-6,8-9,11H,4,7,10H2. The molecule has 0 saturated carbocycles. The fraction of sp³-hybridized carbons (Fsp3) is 0.188. The molecule has 0 atom stereocenters. The van der Waals surface area contributed by atoms with Crippen LogP contribution in [0.5, 0.6) is 0 Å². The van der Waals surface area contributed by atoms with E-state index in [1.165, 1.54) is 0 Å². The smallest absolute Gasteiger partial charge is 0.162 e. The van der Waals surface area contributed by atoms with Crippen LogP contribution in [0.3, 0.4) is 0 Å². The third kappa shape index (κ3) is 4.55. The molecule has 0 aliphatic carbocycles. The number of halogens is 2. The van der Waals surface area contributed by atoms with Gasteiger partial charge in [0.1, 0.15) is 0 Å². The van der Waals surface area contributed by atoms with Gasteiger partial charge in [0.2, 0.25) is 0 Å². The third-order valence-corrected chi connectivity index (χ3v) is 4.62. The van der Waals surface area contributed by atoms with Crippen molar-refractivity contribution in [1.29, 1.82) is 0 Å². The molecular weight excluding hydrogens is 311 g/mol. The highest BCUT2D eigenvalue weighted by atomic mass is 35.5. The predicted octanol–water partition coefficient (Wildman–Crippen LogP) is 5.75. The average Bonchev–Trinajstić information content (AvgIpc) is 2.48. The van der Waals surface area contributed by atoms with Gasteiger partial charge in [-0.1, -0.05) is 53.5 Å². The molecule has 0 N–H and O–H groups in total. The van der Waals surface area contributed by atoms with Crippen LogP contribution in [0.4, 0.5) is 0 Å². The van der Waals surface area contributed by atoms with Crippen molar-refractivity contribution in [2.24, 2.45) is 0 Å². The molecule has 0 spiro atoms. The summed E-state index contributed by atoms with van der Waals surface area (Å²) in [7, 11) is 0. The van der Waals surface area contributed by atoms with Crippen LogP contribution in [-0.2, 0) is 0 Å². The van der Waals surface area contributed by atoms with Gasteiger partial charge in [-0.2, -0.15) is 0 Å². The van der Waals surface area contributed by atoms with Crippen LogP contribution in [0.1, 0.15) is 23.2 Å². The number of carbonyl (C=O) groups excluding carboxylic acids is 1. The molecule has 0 radical (unpaired) electrons. The molecule has 104 valence electrons. The Balaban J connectivity index is 1.76. The molecule has 0 bridgehead atoms. The molecule has 0 aromatic heterocycles. The first-order valence-electron chi connectivity index (χ1n) is 6.33. The van der Waals surface area contributed by atoms with E-state index in [-0.39, 0.29) is 5.78 Å². The van der Waals surface area contributed by atoms with Crippen LogP contribution < -0.4 is 0 Å². The molecule has 1 nitrogen and oxygen atoms in total. The fourth-order valence-corrected chi connectivity index (χ4v) is 3.01. The van der Waals surface area contributed by atoms with E-state index in [0.29, 0.717) is 16.5 Å². The molecule has 0 amide bonds. The van der Waals surface area contributed by atoms with Crippen molar-refractivity contribution in [3.8, 4) is 0 Å². The Morgan fingerprint density at radius 2 is 1.75 bits per heavy atom. The summed E-state index contributed by atoms with van der Waals surface area (Å²) in [5, 5.41) is 1.13. The average molecular weight is 325 g/mol. The van der Waals surface area contributed by atoms with Crippen LogP contribution in [0.2, 0.25) is 10.0 Å². The summed E-state index contributed by atoms with van der Waals surface area (Å²) in [6, 6.07) is 15.0. The molecule has 20 heavy (non-hydrogen) atoms. The van der Waals surface area contributed by atoms with Crippen LogP contribution in [0.25, 0.3) is 0 Å². The zero-order valence-corrected chi connectivity index (χ0v) is 13.1. The van der Waals surface area contributed by atoms with Gasteiger partial charge in [0.05, 0.1) is 10.0 Å². The molecule has 0 saturated heterocycles. The summed E-state index contributed by atoms with van der Waals surface area (Å²) >= 11 is 13.5. The number of benzene rings is 2. The first kappa shape index (κ1) is 15.4. The van der Waals surface area contributed by atoms with E-state index in [0.717, 1.165) is 22.6 Å². The zero-order chi connectivity index (χ0) is 14.4. The van der Waals surface area contributed by atoms with E-state index in [2.05, 4.69) is 0 Å². The van der Waals surface area contributed by atoms with Crippen molar-refractivity contribution < 1.29 is 4.79 Å². The van der Waals surface area contributed by atoms with E-state index >= 15 is 0 Å². The number of hydrogen-bond acceptors (Lipinski definition) is 2. The van der Waals surface area contributed by atoms with Crippen molar-refractivity contribution in [3.63, 3.8) is 0 Å². The molecular formula is C16H14Cl2OS. The second kappa shape index (κ2) is 7.72. The number of hydrogen-bond donors (Lipinski definition) is 0. The highest BCUT2D eigenvalue weighted by Crippen LogP contribution is 2.28. The lowest BCUT2D eigenvalue weighted by atomic mass is 10.1. The Morgan fingerprint density at radius 1 is 1.00 bits per heavy atom. The molecule has 2 aromatic carbocycles. The quantitative estimate of drug-likeness (QED) is 0.382. The lowest BCUT2D eigenvalue weighted by Gasteiger charge is -2.03. The number of carbonyl (C=O) groups is 1. The molecule has 0 fully saturated rings. The topological polar surface area (TPSA) is 17.1 Å². The Bertz CT molecular complexity index is 584. The van der Waals surface area contributed by atoms with Crippen molar-refractivity contribution >= 4 is 40.7 Å². The van der Waals surface area contributed by atoms with Gasteiger partial charge in [0.25, 0.3) is 0 Å². The number of thioether (sulfide) groups is 1. The Labute approximate surface area is 133 Å². The van der Waals surface area contributed by atoms with E-state index < -0.39 is 0 Å². The van der Waals surface area contributed by atoms with Gasteiger partial charge in [-0.3, -0.25) is 4.79 Å². The summed E-state index contributed by atoms with van der Waals surface area (Å²) in [6.45, 7) is 0. The Kier molecular flexibility index (Phi) is 5.96. The highest BCUT2D eigenvalue weighted by molar-refractivity contribution is 7.99. The first-order chi connectivity index (χ1) is 9.66. The van der Waals surface area contributed by atoms with Gasteiger partial charge >= 0.3 is 0 Å². The maximum atomic E-state index is 11.9. The van der Waals surface area contributed by atoms with Crippen molar-refractivity contribution in [2.75, 3.05) is 5.75 Å². The monoisotopic (exact) mass is 324 g/mol. The van der Waals surface area contributed by atoms with E-state index in [4.69, 9.17) is 23.2 Å². The summed E-state index contributed by atoms with van der Waals surface area (Å²) in [6.07, 6.45) is 1.41. The van der Waals surface area contributed by atoms with Crippen LogP contribution in [0, 0.1) is 0 Å². The summed E-state index contributed by atoms with van der Waals surface area (Å²) in [5.41, 5.74) is 0.784. The third-order valence-electron chi connectivity index (χ3n) is 2.80. The first-order valence-corrected chi connectivity index (χ1v) is 8.07. The SMILES string of the molecule is O=C(CCCSc1ccc(Cl)c(Cl)c1)c1ccccc1. The number of Topliss-reactive ketones (excluding diaryl/α,β-unsaturated/α-hetero) is 1. The lowest BCUT2D eigenvalue weighted by molar-refractivity contribution is 0.0982. The van der Waals surface area contributed by atoms with E-state index in [1.54, 1.807) is 17.8 Å². The van der Waals surface area contributed by atoms with Gasteiger partial charge < -0.3 is 0 Å². The molecule has 0 aliphatic rings. The van der Waals surface area contributed by atoms with Crippen molar-refractivity contribution in [3.05, 3.63) is 64.1 Å². The minimum Gasteiger partial charge on any atom is -0.294 e. The molecule has 2 aromatic rings. The maximum absolute atomic E-state index is 11.9. The molecule has 0 aliphatic heterocycles. The highest BCUT2D eigenvalue weighted by Gasteiger charge is 2.05. The van der Waals surface area contributed by atoms with Crippen molar-refractivity contribution in [2.45, 2.75) is 17.7 Å². The van der Waals surface area contributed by atoms with Gasteiger partial charge in [0, 0.05) is 16.9 Å². The summed E-state index contributed by atoms with van der Waals surface area (Å²) in [4.78, 5) is 13.0. The maximum Gasteiger partial charge on any atom is 0.162 e. The molecule has 2 rings (SSSR count). The summed E-state index contributed by atoms with van der Waals surface area (Å²) < 4.78 is 0. The normalized spacial score (nSPS) is 10.5. The Morgan fingerprint density at radius 3 is 2.45 bits per heavy atom. The van der Waals surface area contributed by atoms with Crippen LogP contribution in [-0.4, -0.2) is 11.5 Å². The van der Waals surface area contributed by atoms with Crippen LogP contribution in [0.15, 0.2) is 53.4 Å². The van der Waals surface area contributed by atoms with Gasteiger partial charge in [-0.25, -0.2) is 0 Å². The summed E-state index contributed by atoms with van der Waals surface area (Å²) in [5.74, 6) is 1.08. The van der Waals surface area contributed by atoms with Crippen molar-refractivity contribution in [1.82, 2.24) is 0 Å². The minimum absolute atomic E-state index is 0.195. The second-order valence-electron chi connectivity index (χ2n) is 4.32. The minimum atomic E-state index is 0.195. The molecule has 0 unspecified atom stereocenters. The number of ketones is 1. The molecule has 4 heteroatoms. The van der Waals surface area contributed by atoms with Crippen LogP contribution >= 0.6 is 35.0 Å². The van der Waals surface area contributed by atoms with Gasteiger partial charge in [-0.15, -0.1) is 11.8 Å². The lowest BCUT2D eigenvalue weighted by Crippen LogP contribution is -1.99. The zero-order valence-electron chi connectivity index (χ0n) is 10.8. The number of rotatable bonds is 6. The fourth-order valence-electron chi connectivity index (χ4n) is 1.76. The largest absolute Gasteiger partial charge is 0.294 e. The van der Waals surface area contributed by atoms with E-state index in [1.807, 2.05) is 42.5 Å². The van der Waals surface area contributed by atoms with Gasteiger partial charge in [-0.05, 0) is 30.4 Å². The van der Waals surface area contributed by atoms with Gasteiger partial charge in [0.15, 0.2) is 5.78 Å². The Hall–Kier alpha value is -0.960. The predicted molar refractivity (Wildman–Crippen MR) is 87.2 cm³/mol. The molecule has 0 heterocycles. The second-order valence-corrected chi connectivity index (χ2v) is 6.30. The van der Waals surface area contributed by atoms with E-state index in [9.17, 15) is 4.79 Å².